The van der Waals surface area contributed by atoms with E-state index < -0.39 is 8.07 Å². The maximum atomic E-state index is 11.6. The van der Waals surface area contributed by atoms with Crippen molar-refractivity contribution in [3.63, 3.8) is 0 Å². The molecule has 191 valence electrons. The number of hydrogen-bond donors (Lipinski definition) is 1. The number of aromatic hydroxyl groups is 1. The number of aryl methyl sites for hydroxylation is 1. The van der Waals surface area contributed by atoms with Gasteiger partial charge >= 0.3 is 21.7 Å². The molecule has 0 spiro atoms. The number of hydrogen-bond acceptors (Lipinski definition) is 1. The molecular formula is C32H49OSiTi. The van der Waals surface area contributed by atoms with Crippen molar-refractivity contribution in [2.75, 3.05) is 0 Å². The molecule has 1 nitrogen and oxygen atoms in total. The molecule has 0 bridgehead atoms. The molecule has 0 saturated heterocycles. The second-order valence-electron chi connectivity index (χ2n) is 11.2. The zero-order valence-electron chi connectivity index (χ0n) is 24.0. The number of fused-ring (bicyclic) bond motifs is 3. The molecule has 1 fully saturated rings. The smallest absolute Gasteiger partial charge is 0.508 e. The van der Waals surface area contributed by atoms with E-state index in [4.69, 9.17) is 0 Å². The van der Waals surface area contributed by atoms with Crippen LogP contribution in [0.3, 0.4) is 0 Å². The van der Waals surface area contributed by atoms with Gasteiger partial charge in [-0.1, -0.05) is 108 Å². The predicted molar refractivity (Wildman–Crippen MR) is 156 cm³/mol. The van der Waals surface area contributed by atoms with Crippen LogP contribution in [0.5, 0.6) is 5.75 Å². The van der Waals surface area contributed by atoms with Gasteiger partial charge in [0.25, 0.3) is 0 Å². The van der Waals surface area contributed by atoms with Gasteiger partial charge in [0, 0.05) is 0 Å². The molecule has 35 heavy (non-hydrogen) atoms. The van der Waals surface area contributed by atoms with Crippen molar-refractivity contribution in [3.05, 3.63) is 87.0 Å². The van der Waals surface area contributed by atoms with Crippen LogP contribution in [0.1, 0.15) is 76.1 Å². The molecule has 0 aliphatic heterocycles. The fraction of sp³-hybridized carbons (Fsp3) is 0.469. The third kappa shape index (κ3) is 5.60. The van der Waals surface area contributed by atoms with Gasteiger partial charge in [-0.2, -0.15) is 0 Å². The Bertz CT molecular complexity index is 999. The summed E-state index contributed by atoms with van der Waals surface area (Å²) >= 11 is 0. The van der Waals surface area contributed by atoms with Gasteiger partial charge in [-0.3, -0.25) is 0 Å². The molecule has 2 aliphatic carbocycles. The van der Waals surface area contributed by atoms with Crippen molar-refractivity contribution in [1.29, 1.82) is 0 Å². The molecule has 2 aromatic rings. The van der Waals surface area contributed by atoms with Crippen molar-refractivity contribution in [3.8, 4) is 5.75 Å². The second-order valence-corrected chi connectivity index (χ2v) is 16.2. The van der Waals surface area contributed by atoms with E-state index in [-0.39, 0.29) is 49.4 Å². The summed E-state index contributed by atoms with van der Waals surface area (Å²) in [7, 11) is -1.95. The van der Waals surface area contributed by atoms with Gasteiger partial charge in [0.05, 0.1) is 8.07 Å². The van der Waals surface area contributed by atoms with Crippen molar-refractivity contribution in [2.45, 2.75) is 83.8 Å². The van der Waals surface area contributed by atoms with Gasteiger partial charge in [-0.05, 0) is 63.9 Å². The van der Waals surface area contributed by atoms with E-state index in [1.165, 1.54) is 34.8 Å². The third-order valence-electron chi connectivity index (χ3n) is 8.54. The molecule has 4 atom stereocenters. The first-order valence-corrected chi connectivity index (χ1v) is 14.7. The van der Waals surface area contributed by atoms with Crippen LogP contribution in [0.2, 0.25) is 17.6 Å². The maximum absolute atomic E-state index is 11.6. The Kier molecular flexibility index (Phi) is 12.0. The van der Waals surface area contributed by atoms with Crippen molar-refractivity contribution in [2.24, 2.45) is 11.8 Å². The van der Waals surface area contributed by atoms with E-state index in [0.29, 0.717) is 29.0 Å². The van der Waals surface area contributed by atoms with E-state index >= 15 is 0 Å². The van der Waals surface area contributed by atoms with Crippen LogP contribution in [0, 0.1) is 41.0 Å². The number of benzene rings is 2. The molecule has 2 aliphatic rings. The number of allylic oxidation sites excluding steroid dienone is 1. The summed E-state index contributed by atoms with van der Waals surface area (Å²) < 4.78 is 0. The van der Waals surface area contributed by atoms with E-state index in [1.54, 1.807) is 5.56 Å². The largest absolute Gasteiger partial charge is 3.00 e. The Morgan fingerprint density at radius 2 is 1.60 bits per heavy atom. The average Bonchev–Trinajstić information content (AvgIpc) is 3.08. The molecule has 4 unspecified atom stereocenters. The Hall–Kier alpha value is -1.09. The van der Waals surface area contributed by atoms with Crippen LogP contribution in [0.15, 0.2) is 42.5 Å². The summed E-state index contributed by atoms with van der Waals surface area (Å²) in [4.78, 5) is 0. The normalized spacial score (nSPS) is 22.5. The molecule has 3 heteroatoms. The van der Waals surface area contributed by atoms with Crippen LogP contribution < -0.4 is 5.19 Å². The Morgan fingerprint density at radius 3 is 2.17 bits per heavy atom. The standard InChI is InChI=1S/C29H40OSi.3CH3.Ti/c1-8-31(9-2,26-17-19(3)16-24(28(26)30)29(5,6)7)25-18-20(4)27-22-13-11-10-12-21(22)14-15-23(25)27;;;;/h10-17,20,23,25,27,30H,8-9,18H2,1-7H3;3*1H3;/q;3*-1;+3. The predicted octanol–water partition coefficient (Wildman–Crippen LogP) is 8.88. The molecule has 2 aromatic carbocycles. The SMILES string of the molecule is CC[Si](CC)(c1cc(C)cc(C(C)(C)C)c1O)C1CC(C)C2c3ccccc3C=CC21.[CH3-].[CH3-].[CH3-].[Ti+3]. The van der Waals surface area contributed by atoms with Gasteiger partial charge in [-0.25, -0.2) is 0 Å². The van der Waals surface area contributed by atoms with Crippen molar-refractivity contribution in [1.82, 2.24) is 0 Å². The zero-order chi connectivity index (χ0) is 22.6. The molecule has 1 radical (unpaired) electrons. The van der Waals surface area contributed by atoms with E-state index in [2.05, 4.69) is 97.0 Å². The molecular weight excluding hydrogens is 476 g/mol. The molecule has 0 aromatic heterocycles. The minimum atomic E-state index is -1.95. The fourth-order valence-electron chi connectivity index (χ4n) is 6.96. The quantitative estimate of drug-likeness (QED) is 0.312. The van der Waals surface area contributed by atoms with E-state index in [9.17, 15) is 5.11 Å². The van der Waals surface area contributed by atoms with Crippen LogP contribution in [0.4, 0.5) is 0 Å². The van der Waals surface area contributed by atoms with E-state index in [0.717, 1.165) is 5.56 Å². The Labute approximate surface area is 233 Å². The van der Waals surface area contributed by atoms with Gasteiger partial charge in [0.15, 0.2) is 0 Å². The second kappa shape index (κ2) is 12.4. The third-order valence-corrected chi connectivity index (χ3v) is 14.6. The first-order valence-electron chi connectivity index (χ1n) is 12.3. The van der Waals surface area contributed by atoms with Gasteiger partial charge in [0.1, 0.15) is 5.75 Å². The minimum Gasteiger partial charge on any atom is -0.508 e. The van der Waals surface area contributed by atoms with Crippen LogP contribution in [0.25, 0.3) is 6.08 Å². The summed E-state index contributed by atoms with van der Waals surface area (Å²) in [5, 5.41) is 13.0. The summed E-state index contributed by atoms with van der Waals surface area (Å²) in [5.41, 5.74) is 5.99. The summed E-state index contributed by atoms with van der Waals surface area (Å²) in [5.74, 6) is 2.49. The minimum absolute atomic E-state index is 0. The number of rotatable bonds is 4. The fourth-order valence-corrected chi connectivity index (χ4v) is 12.7. The number of phenolic OH excluding ortho intramolecular Hbond substituents is 1. The first kappa shape index (κ1) is 33.9. The first-order chi connectivity index (χ1) is 14.6. The average molecular weight is 526 g/mol. The van der Waals surface area contributed by atoms with Crippen LogP contribution >= 0.6 is 0 Å². The molecule has 4 rings (SSSR count). The van der Waals surface area contributed by atoms with Crippen LogP contribution in [-0.2, 0) is 27.1 Å². The summed E-state index contributed by atoms with van der Waals surface area (Å²) in [6.07, 6.45) is 6.19. The molecule has 1 saturated carbocycles. The monoisotopic (exact) mass is 525 g/mol. The molecule has 0 amide bonds. The topological polar surface area (TPSA) is 20.2 Å². The van der Waals surface area contributed by atoms with Gasteiger partial charge in [-0.15, -0.1) is 0 Å². The maximum Gasteiger partial charge on any atom is 3.00 e. The number of phenols is 1. The summed E-state index contributed by atoms with van der Waals surface area (Å²) in [6, 6.07) is 16.0. The van der Waals surface area contributed by atoms with Crippen molar-refractivity contribution >= 4 is 19.3 Å². The van der Waals surface area contributed by atoms with Crippen molar-refractivity contribution < 1.29 is 26.8 Å². The summed E-state index contributed by atoms with van der Waals surface area (Å²) in [6.45, 7) is 16.1. The molecule has 0 heterocycles. The molecule has 1 N–H and O–H groups in total. The Balaban J connectivity index is 0.00000289. The van der Waals surface area contributed by atoms with E-state index in [1.807, 2.05) is 0 Å². The zero-order valence-corrected chi connectivity index (χ0v) is 26.6. The van der Waals surface area contributed by atoms with Crippen LogP contribution in [-0.4, -0.2) is 13.2 Å². The van der Waals surface area contributed by atoms with Gasteiger partial charge in [0.2, 0.25) is 0 Å². The Morgan fingerprint density at radius 1 is 1.00 bits per heavy atom. The van der Waals surface area contributed by atoms with Gasteiger partial charge < -0.3 is 27.4 Å².